The molecule has 1 aliphatic rings. The molecule has 0 aliphatic carbocycles. The summed E-state index contributed by atoms with van der Waals surface area (Å²) < 4.78 is 26.9. The molecule has 0 amide bonds. The zero-order chi connectivity index (χ0) is 11.5. The molecular weight excluding hydrogens is 250 g/mol. The first kappa shape index (κ1) is 16.1. The van der Waals surface area contributed by atoms with Gasteiger partial charge in [0, 0.05) is 32.7 Å². The highest BCUT2D eigenvalue weighted by Crippen LogP contribution is 2.15. The third-order valence-electron chi connectivity index (χ3n) is 2.76. The fourth-order valence-electron chi connectivity index (χ4n) is 1.73. The van der Waals surface area contributed by atoms with Crippen molar-refractivity contribution in [3.63, 3.8) is 0 Å². The molecule has 1 heterocycles. The van der Waals surface area contributed by atoms with E-state index in [1.807, 2.05) is 6.92 Å². The summed E-state index contributed by atoms with van der Waals surface area (Å²) in [5, 5.41) is 0. The van der Waals surface area contributed by atoms with Gasteiger partial charge in [0.25, 0.3) is 10.2 Å². The Kier molecular flexibility index (Phi) is 6.81. The number of nitrogens with two attached hydrogens (primary N) is 1. The van der Waals surface area contributed by atoms with Gasteiger partial charge in [-0.2, -0.15) is 17.0 Å². The van der Waals surface area contributed by atoms with E-state index in [0.29, 0.717) is 19.6 Å². The van der Waals surface area contributed by atoms with Gasteiger partial charge in [-0.25, -0.2) is 0 Å². The van der Waals surface area contributed by atoms with Crippen LogP contribution in [0.3, 0.4) is 0 Å². The summed E-state index contributed by atoms with van der Waals surface area (Å²) in [7, 11) is -1.60. The summed E-state index contributed by atoms with van der Waals surface area (Å²) in [6.07, 6.45) is 2.36. The van der Waals surface area contributed by atoms with Gasteiger partial charge in [0.05, 0.1) is 0 Å². The van der Waals surface area contributed by atoms with Crippen LogP contribution in [0, 0.1) is 0 Å². The predicted molar refractivity (Wildman–Crippen MR) is 67.9 cm³/mol. The Balaban J connectivity index is 0.00000225. The summed E-state index contributed by atoms with van der Waals surface area (Å²) in [6.45, 7) is 3.65. The molecule has 0 spiro atoms. The molecule has 0 aromatic rings. The lowest BCUT2D eigenvalue weighted by molar-refractivity contribution is 0.296. The summed E-state index contributed by atoms with van der Waals surface area (Å²) >= 11 is 0. The molecule has 5 nitrogen and oxygen atoms in total. The average molecular weight is 272 g/mol. The maximum atomic E-state index is 12.0. The van der Waals surface area contributed by atoms with E-state index in [9.17, 15) is 8.42 Å². The van der Waals surface area contributed by atoms with Crippen LogP contribution in [0.2, 0.25) is 0 Å². The minimum atomic E-state index is -3.24. The number of hydrogen-bond acceptors (Lipinski definition) is 3. The SMILES string of the molecule is CCCN(C)S(=O)(=O)N1CCC(N)CC1.Cl. The minimum absolute atomic E-state index is 0. The highest BCUT2D eigenvalue weighted by molar-refractivity contribution is 7.86. The molecule has 0 aromatic carbocycles. The van der Waals surface area contributed by atoms with E-state index in [4.69, 9.17) is 5.73 Å². The molecule has 16 heavy (non-hydrogen) atoms. The molecule has 0 radical (unpaired) electrons. The van der Waals surface area contributed by atoms with Gasteiger partial charge in [-0.1, -0.05) is 6.92 Å². The van der Waals surface area contributed by atoms with Gasteiger partial charge >= 0.3 is 0 Å². The highest BCUT2D eigenvalue weighted by atomic mass is 35.5. The number of nitrogens with zero attached hydrogens (tertiary/aromatic N) is 2. The Morgan fingerprint density at radius 1 is 1.38 bits per heavy atom. The van der Waals surface area contributed by atoms with Crippen LogP contribution in [0.5, 0.6) is 0 Å². The largest absolute Gasteiger partial charge is 0.328 e. The molecule has 0 saturated carbocycles. The lowest BCUT2D eigenvalue weighted by Gasteiger charge is -2.32. The van der Waals surface area contributed by atoms with Crippen molar-refractivity contribution < 1.29 is 8.42 Å². The maximum Gasteiger partial charge on any atom is 0.281 e. The molecule has 1 aliphatic heterocycles. The predicted octanol–water partition coefficient (Wildman–Crippen LogP) is 0.418. The third-order valence-corrected chi connectivity index (χ3v) is 4.75. The molecular formula is C9H22ClN3O2S. The molecule has 0 unspecified atom stereocenters. The minimum Gasteiger partial charge on any atom is -0.328 e. The molecule has 7 heteroatoms. The van der Waals surface area contributed by atoms with Crippen molar-refractivity contribution in [1.29, 1.82) is 0 Å². The van der Waals surface area contributed by atoms with E-state index in [-0.39, 0.29) is 18.4 Å². The normalized spacial score (nSPS) is 19.8. The molecule has 2 N–H and O–H groups in total. The van der Waals surface area contributed by atoms with Crippen molar-refractivity contribution in [2.24, 2.45) is 5.73 Å². The molecule has 98 valence electrons. The van der Waals surface area contributed by atoms with E-state index in [1.54, 1.807) is 7.05 Å². The summed E-state index contributed by atoms with van der Waals surface area (Å²) in [4.78, 5) is 0. The Morgan fingerprint density at radius 2 is 1.88 bits per heavy atom. The summed E-state index contributed by atoms with van der Waals surface area (Å²) in [5.74, 6) is 0. The van der Waals surface area contributed by atoms with Crippen molar-refractivity contribution in [1.82, 2.24) is 8.61 Å². The first-order valence-electron chi connectivity index (χ1n) is 5.45. The van der Waals surface area contributed by atoms with E-state index >= 15 is 0 Å². The van der Waals surface area contributed by atoms with Crippen LogP contribution >= 0.6 is 12.4 Å². The topological polar surface area (TPSA) is 66.6 Å². The van der Waals surface area contributed by atoms with E-state index in [2.05, 4.69) is 0 Å². The third kappa shape index (κ3) is 3.85. The molecule has 1 rings (SSSR count). The smallest absolute Gasteiger partial charge is 0.281 e. The van der Waals surface area contributed by atoms with Gasteiger partial charge in [-0.05, 0) is 19.3 Å². The van der Waals surface area contributed by atoms with Gasteiger partial charge in [0.15, 0.2) is 0 Å². The lowest BCUT2D eigenvalue weighted by atomic mass is 10.1. The van der Waals surface area contributed by atoms with Crippen molar-refractivity contribution in [3.8, 4) is 0 Å². The van der Waals surface area contributed by atoms with E-state index in [1.165, 1.54) is 8.61 Å². The van der Waals surface area contributed by atoms with Crippen molar-refractivity contribution in [2.45, 2.75) is 32.2 Å². The summed E-state index contributed by atoms with van der Waals surface area (Å²) in [5.41, 5.74) is 5.74. The van der Waals surface area contributed by atoms with Crippen LogP contribution in [0.15, 0.2) is 0 Å². The average Bonchev–Trinajstić information content (AvgIpc) is 2.18. The molecule has 1 fully saturated rings. The van der Waals surface area contributed by atoms with Gasteiger partial charge in [-0.3, -0.25) is 0 Å². The lowest BCUT2D eigenvalue weighted by Crippen LogP contribution is -2.48. The van der Waals surface area contributed by atoms with Gasteiger partial charge < -0.3 is 5.73 Å². The Morgan fingerprint density at radius 3 is 2.31 bits per heavy atom. The summed E-state index contributed by atoms with van der Waals surface area (Å²) in [6, 6.07) is 0.160. The second-order valence-corrected chi connectivity index (χ2v) is 6.10. The standard InChI is InChI=1S/C9H21N3O2S.ClH/c1-3-6-11(2)15(13,14)12-7-4-9(10)5-8-12;/h9H,3-8,10H2,1-2H3;1H. The van der Waals surface area contributed by atoms with Crippen molar-refractivity contribution >= 4 is 22.6 Å². The van der Waals surface area contributed by atoms with Crippen LogP contribution in [-0.2, 0) is 10.2 Å². The van der Waals surface area contributed by atoms with Crippen LogP contribution in [0.25, 0.3) is 0 Å². The highest BCUT2D eigenvalue weighted by Gasteiger charge is 2.29. The maximum absolute atomic E-state index is 12.0. The zero-order valence-electron chi connectivity index (χ0n) is 9.92. The number of rotatable bonds is 4. The van der Waals surface area contributed by atoms with E-state index in [0.717, 1.165) is 19.3 Å². The van der Waals surface area contributed by atoms with Gasteiger partial charge in [-0.15, -0.1) is 12.4 Å². The Labute approximate surface area is 105 Å². The number of piperidine rings is 1. The van der Waals surface area contributed by atoms with Crippen LogP contribution < -0.4 is 5.73 Å². The quantitative estimate of drug-likeness (QED) is 0.806. The Hall–Kier alpha value is 0.120. The van der Waals surface area contributed by atoms with Crippen LogP contribution in [0.4, 0.5) is 0 Å². The number of hydrogen-bond donors (Lipinski definition) is 1. The van der Waals surface area contributed by atoms with Gasteiger partial charge in [0.2, 0.25) is 0 Å². The van der Waals surface area contributed by atoms with Crippen molar-refractivity contribution in [2.75, 3.05) is 26.7 Å². The monoisotopic (exact) mass is 271 g/mol. The zero-order valence-corrected chi connectivity index (χ0v) is 11.6. The first-order valence-corrected chi connectivity index (χ1v) is 6.85. The van der Waals surface area contributed by atoms with Crippen LogP contribution in [0.1, 0.15) is 26.2 Å². The molecule has 0 atom stereocenters. The fraction of sp³-hybridized carbons (Fsp3) is 1.00. The van der Waals surface area contributed by atoms with E-state index < -0.39 is 10.2 Å². The molecule has 1 saturated heterocycles. The Bertz CT molecular complexity index is 289. The van der Waals surface area contributed by atoms with Crippen LogP contribution in [-0.4, -0.2) is 49.8 Å². The van der Waals surface area contributed by atoms with Crippen molar-refractivity contribution in [3.05, 3.63) is 0 Å². The number of halogens is 1. The van der Waals surface area contributed by atoms with Gasteiger partial charge in [0.1, 0.15) is 0 Å². The fourth-order valence-corrected chi connectivity index (χ4v) is 3.21. The first-order chi connectivity index (χ1) is 6.98. The molecule has 0 aromatic heterocycles. The second kappa shape index (κ2) is 6.76. The second-order valence-electron chi connectivity index (χ2n) is 4.07. The molecule has 0 bridgehead atoms.